The Morgan fingerprint density at radius 3 is 2.87 bits per heavy atom. The van der Waals surface area contributed by atoms with E-state index in [1.807, 2.05) is 0 Å². The molecule has 0 amide bonds. The molecule has 0 aliphatic carbocycles. The molecule has 0 radical (unpaired) electrons. The van der Waals surface area contributed by atoms with Gasteiger partial charge in [-0.15, -0.1) is 0 Å². The van der Waals surface area contributed by atoms with E-state index in [0.29, 0.717) is 18.4 Å². The van der Waals surface area contributed by atoms with Crippen LogP contribution in [0.3, 0.4) is 0 Å². The van der Waals surface area contributed by atoms with E-state index in [2.05, 4.69) is 43.1 Å². The van der Waals surface area contributed by atoms with Crippen LogP contribution in [0.5, 0.6) is 0 Å². The fourth-order valence-electron chi connectivity index (χ4n) is 2.59. The van der Waals surface area contributed by atoms with Gasteiger partial charge in [-0.2, -0.15) is 0 Å². The molecule has 1 aliphatic heterocycles. The molecule has 0 fully saturated rings. The van der Waals surface area contributed by atoms with Gasteiger partial charge in [0.25, 0.3) is 0 Å². The number of hydrogen-bond acceptors (Lipinski definition) is 2. The Balaban J connectivity index is 2.31. The van der Waals surface area contributed by atoms with Gasteiger partial charge >= 0.3 is 0 Å². The van der Waals surface area contributed by atoms with Gasteiger partial charge in [0.1, 0.15) is 0 Å². The number of para-hydroxylation sites is 1. The van der Waals surface area contributed by atoms with Gasteiger partial charge < -0.3 is 10.0 Å². The van der Waals surface area contributed by atoms with Crippen molar-refractivity contribution in [3.8, 4) is 0 Å². The molecule has 0 bridgehead atoms. The smallest absolute Gasteiger partial charge is 0.0434 e. The van der Waals surface area contributed by atoms with Crippen LogP contribution in [0.15, 0.2) is 24.3 Å². The molecule has 0 saturated carbocycles. The Labute approximate surface area is 91.5 Å². The Morgan fingerprint density at radius 1 is 1.40 bits per heavy atom. The summed E-state index contributed by atoms with van der Waals surface area (Å²) in [6.07, 6.45) is 0.903. The van der Waals surface area contributed by atoms with E-state index in [0.717, 1.165) is 13.0 Å². The van der Waals surface area contributed by atoms with Crippen molar-refractivity contribution in [3.05, 3.63) is 29.8 Å². The Hall–Kier alpha value is -1.02. The molecule has 2 rings (SSSR count). The molecule has 0 aromatic heterocycles. The van der Waals surface area contributed by atoms with Gasteiger partial charge in [0.2, 0.25) is 0 Å². The number of rotatable bonds is 2. The van der Waals surface area contributed by atoms with Crippen molar-refractivity contribution in [2.45, 2.75) is 19.3 Å². The van der Waals surface area contributed by atoms with Crippen LogP contribution in [-0.2, 0) is 0 Å². The van der Waals surface area contributed by atoms with E-state index in [4.69, 9.17) is 5.11 Å². The quantitative estimate of drug-likeness (QED) is 0.800. The number of aliphatic hydroxyl groups is 1. The number of benzene rings is 1. The highest BCUT2D eigenvalue weighted by atomic mass is 16.3. The molecule has 82 valence electrons. The lowest BCUT2D eigenvalue weighted by Gasteiger charge is -2.37. The minimum atomic E-state index is 0.297. The highest BCUT2D eigenvalue weighted by molar-refractivity contribution is 5.56. The van der Waals surface area contributed by atoms with Crippen LogP contribution in [0, 0.1) is 5.92 Å². The van der Waals surface area contributed by atoms with Gasteiger partial charge in [-0.05, 0) is 29.9 Å². The molecule has 2 atom stereocenters. The van der Waals surface area contributed by atoms with Gasteiger partial charge in [0, 0.05) is 25.9 Å². The Bertz CT molecular complexity index is 337. The summed E-state index contributed by atoms with van der Waals surface area (Å²) < 4.78 is 0. The topological polar surface area (TPSA) is 23.5 Å². The molecule has 0 saturated heterocycles. The van der Waals surface area contributed by atoms with Crippen molar-refractivity contribution >= 4 is 5.69 Å². The zero-order chi connectivity index (χ0) is 10.8. The molecule has 1 heterocycles. The van der Waals surface area contributed by atoms with E-state index in [1.54, 1.807) is 0 Å². The van der Waals surface area contributed by atoms with E-state index >= 15 is 0 Å². The number of fused-ring (bicyclic) bond motifs is 1. The van der Waals surface area contributed by atoms with Gasteiger partial charge in [0.15, 0.2) is 0 Å². The number of anilines is 1. The molecule has 1 aromatic carbocycles. The third-order valence-corrected chi connectivity index (χ3v) is 3.55. The van der Waals surface area contributed by atoms with Gasteiger partial charge in [0.05, 0.1) is 0 Å². The minimum Gasteiger partial charge on any atom is -0.396 e. The molecule has 1 aromatic rings. The van der Waals surface area contributed by atoms with E-state index in [1.165, 1.54) is 11.3 Å². The fourth-order valence-corrected chi connectivity index (χ4v) is 2.59. The van der Waals surface area contributed by atoms with E-state index in [-0.39, 0.29) is 0 Å². The molecule has 0 spiro atoms. The summed E-state index contributed by atoms with van der Waals surface area (Å²) in [7, 11) is 2.13. The maximum atomic E-state index is 9.05. The van der Waals surface area contributed by atoms with E-state index < -0.39 is 0 Å². The second-order valence-electron chi connectivity index (χ2n) is 4.50. The van der Waals surface area contributed by atoms with Crippen molar-refractivity contribution in [3.63, 3.8) is 0 Å². The highest BCUT2D eigenvalue weighted by Gasteiger charge is 2.27. The van der Waals surface area contributed by atoms with Crippen molar-refractivity contribution in [1.29, 1.82) is 0 Å². The first-order chi connectivity index (χ1) is 7.24. The SMILES string of the molecule is C[C@H]1c2ccccc2N(C)C[C@@H]1CCO. The van der Waals surface area contributed by atoms with E-state index in [9.17, 15) is 0 Å². The summed E-state index contributed by atoms with van der Waals surface area (Å²) in [4.78, 5) is 2.30. The van der Waals surface area contributed by atoms with Gasteiger partial charge in [-0.3, -0.25) is 0 Å². The van der Waals surface area contributed by atoms with Gasteiger partial charge in [-0.25, -0.2) is 0 Å². The zero-order valence-corrected chi connectivity index (χ0v) is 9.48. The molecule has 15 heavy (non-hydrogen) atoms. The highest BCUT2D eigenvalue weighted by Crippen LogP contribution is 2.38. The summed E-state index contributed by atoms with van der Waals surface area (Å²) in [5.74, 6) is 1.14. The summed E-state index contributed by atoms with van der Waals surface area (Å²) in [5.41, 5.74) is 2.77. The first-order valence-electron chi connectivity index (χ1n) is 5.65. The van der Waals surface area contributed by atoms with Crippen LogP contribution in [0.2, 0.25) is 0 Å². The van der Waals surface area contributed by atoms with Crippen LogP contribution in [0.1, 0.15) is 24.8 Å². The number of hydrogen-bond donors (Lipinski definition) is 1. The average Bonchev–Trinajstić information content (AvgIpc) is 2.26. The maximum absolute atomic E-state index is 9.05. The minimum absolute atomic E-state index is 0.297. The third-order valence-electron chi connectivity index (χ3n) is 3.55. The fraction of sp³-hybridized carbons (Fsp3) is 0.538. The van der Waals surface area contributed by atoms with Crippen LogP contribution >= 0.6 is 0 Å². The van der Waals surface area contributed by atoms with Crippen molar-refractivity contribution in [1.82, 2.24) is 0 Å². The van der Waals surface area contributed by atoms with Crippen molar-refractivity contribution in [2.75, 3.05) is 25.1 Å². The second-order valence-corrected chi connectivity index (χ2v) is 4.50. The first-order valence-corrected chi connectivity index (χ1v) is 5.65. The molecular formula is C13H19NO. The molecule has 2 heteroatoms. The Kier molecular flexibility index (Phi) is 2.96. The maximum Gasteiger partial charge on any atom is 0.0434 e. The third kappa shape index (κ3) is 1.86. The predicted molar refractivity (Wildman–Crippen MR) is 63.3 cm³/mol. The van der Waals surface area contributed by atoms with Crippen LogP contribution in [0.4, 0.5) is 5.69 Å². The molecule has 2 nitrogen and oxygen atoms in total. The van der Waals surface area contributed by atoms with Gasteiger partial charge in [-0.1, -0.05) is 25.1 Å². The number of nitrogens with zero attached hydrogens (tertiary/aromatic N) is 1. The molecular weight excluding hydrogens is 186 g/mol. The normalized spacial score (nSPS) is 25.1. The molecule has 1 N–H and O–H groups in total. The predicted octanol–water partition coefficient (Wildman–Crippen LogP) is 2.24. The van der Waals surface area contributed by atoms with Crippen LogP contribution < -0.4 is 4.90 Å². The first kappa shape index (κ1) is 10.5. The molecule has 1 aliphatic rings. The number of aliphatic hydroxyl groups excluding tert-OH is 1. The lowest BCUT2D eigenvalue weighted by Crippen LogP contribution is -2.34. The average molecular weight is 205 g/mol. The van der Waals surface area contributed by atoms with Crippen molar-refractivity contribution in [2.24, 2.45) is 5.92 Å². The lowest BCUT2D eigenvalue weighted by atomic mass is 9.81. The lowest BCUT2D eigenvalue weighted by molar-refractivity contribution is 0.244. The summed E-state index contributed by atoms with van der Waals surface area (Å²) in [6.45, 7) is 3.62. The Morgan fingerprint density at radius 2 is 2.13 bits per heavy atom. The standard InChI is InChI=1S/C13H19NO/c1-10-11(7-8-15)9-14(2)13-6-4-3-5-12(10)13/h3-6,10-11,15H,7-9H2,1-2H3/t10-,11+/m1/s1. The largest absolute Gasteiger partial charge is 0.396 e. The summed E-state index contributed by atoms with van der Waals surface area (Å²) in [6, 6.07) is 8.58. The second kappa shape index (κ2) is 4.23. The monoisotopic (exact) mass is 205 g/mol. The zero-order valence-electron chi connectivity index (χ0n) is 9.48. The summed E-state index contributed by atoms with van der Waals surface area (Å²) in [5, 5.41) is 9.05. The van der Waals surface area contributed by atoms with Crippen LogP contribution in [-0.4, -0.2) is 25.3 Å². The van der Waals surface area contributed by atoms with Crippen LogP contribution in [0.25, 0.3) is 0 Å². The van der Waals surface area contributed by atoms with Crippen molar-refractivity contribution < 1.29 is 5.11 Å². The summed E-state index contributed by atoms with van der Waals surface area (Å²) >= 11 is 0. The molecule has 0 unspecified atom stereocenters.